The van der Waals surface area contributed by atoms with Crippen LogP contribution in [0.5, 0.6) is 0 Å². The largest absolute Gasteiger partial charge is 0.263 e. The minimum Gasteiger partial charge on any atom is -0.263 e. The smallest absolute Gasteiger partial charge is 0.0810 e. The molecule has 0 saturated heterocycles. The average Bonchev–Trinajstić information content (AvgIpc) is 2.78. The van der Waals surface area contributed by atoms with Crippen LogP contribution in [-0.2, 0) is 0 Å². The van der Waals surface area contributed by atoms with Crippen LogP contribution < -0.4 is 0 Å². The van der Waals surface area contributed by atoms with Gasteiger partial charge < -0.3 is 0 Å². The Hall–Kier alpha value is -3.78. The molecule has 0 saturated carbocycles. The third-order valence-electron chi connectivity index (χ3n) is 5.51. The van der Waals surface area contributed by atoms with Crippen LogP contribution in [-0.4, -0.2) is 9.97 Å². The molecule has 6 aromatic rings. The fourth-order valence-corrected chi connectivity index (χ4v) is 4.23. The minimum atomic E-state index is 0.990. The molecule has 0 aliphatic rings. The van der Waals surface area contributed by atoms with Gasteiger partial charge in [0.25, 0.3) is 0 Å². The molecule has 2 heterocycles. The minimum absolute atomic E-state index is 0.990. The molecule has 130 valence electrons. The van der Waals surface area contributed by atoms with Crippen molar-refractivity contribution in [3.63, 3.8) is 0 Å². The molecular formula is C26H16N2. The Morgan fingerprint density at radius 1 is 0.500 bits per heavy atom. The highest BCUT2D eigenvalue weighted by atomic mass is 14.7. The van der Waals surface area contributed by atoms with E-state index in [9.17, 15) is 0 Å². The molecule has 28 heavy (non-hydrogen) atoms. The van der Waals surface area contributed by atoms with Crippen LogP contribution in [0, 0.1) is 0 Å². The third-order valence-corrected chi connectivity index (χ3v) is 5.51. The number of rotatable bonds is 1. The molecule has 2 nitrogen and oxygen atoms in total. The molecule has 0 aliphatic heterocycles. The van der Waals surface area contributed by atoms with Crippen molar-refractivity contribution in [2.24, 2.45) is 0 Å². The van der Waals surface area contributed by atoms with Gasteiger partial charge in [-0.3, -0.25) is 4.98 Å². The zero-order valence-corrected chi connectivity index (χ0v) is 15.1. The molecular weight excluding hydrogens is 340 g/mol. The number of fused-ring (bicyclic) bond motifs is 6. The summed E-state index contributed by atoms with van der Waals surface area (Å²) < 4.78 is 0. The highest BCUT2D eigenvalue weighted by molar-refractivity contribution is 6.23. The molecule has 2 aromatic heterocycles. The lowest BCUT2D eigenvalue weighted by Gasteiger charge is -2.13. The number of hydrogen-bond donors (Lipinski definition) is 0. The molecule has 0 radical (unpaired) electrons. The predicted molar refractivity (Wildman–Crippen MR) is 117 cm³/mol. The van der Waals surface area contributed by atoms with Crippen molar-refractivity contribution in [3.05, 3.63) is 97.3 Å². The van der Waals surface area contributed by atoms with Crippen molar-refractivity contribution in [1.82, 2.24) is 9.97 Å². The van der Waals surface area contributed by atoms with Gasteiger partial charge in [-0.2, -0.15) is 0 Å². The highest BCUT2D eigenvalue weighted by Gasteiger charge is 2.14. The zero-order chi connectivity index (χ0) is 18.5. The van der Waals surface area contributed by atoms with E-state index in [0.717, 1.165) is 27.5 Å². The first-order valence-corrected chi connectivity index (χ1v) is 9.43. The van der Waals surface area contributed by atoms with Crippen molar-refractivity contribution in [3.8, 4) is 11.3 Å². The Morgan fingerprint density at radius 2 is 1.21 bits per heavy atom. The van der Waals surface area contributed by atoms with Gasteiger partial charge in [0.05, 0.1) is 11.2 Å². The van der Waals surface area contributed by atoms with Gasteiger partial charge in [-0.25, -0.2) is 4.98 Å². The van der Waals surface area contributed by atoms with Crippen molar-refractivity contribution in [2.75, 3.05) is 0 Å². The summed E-state index contributed by atoms with van der Waals surface area (Å²) >= 11 is 0. The molecule has 0 amide bonds. The van der Waals surface area contributed by atoms with Crippen molar-refractivity contribution in [2.45, 2.75) is 0 Å². The standard InChI is InChI=1S/C26H16N2/c1-4-10-20-17(7-1)13-14-22-25(20)21-11-5-6-12-24(21)28-26(22)23-16-27-15-18-8-2-3-9-19(18)23/h1-16H. The van der Waals surface area contributed by atoms with Gasteiger partial charge in [0.15, 0.2) is 0 Å². The SMILES string of the molecule is c1ccc2c(-c3nc4ccccc4c4c3ccc3ccccc34)cncc2c1. The van der Waals surface area contributed by atoms with E-state index >= 15 is 0 Å². The quantitative estimate of drug-likeness (QED) is 0.304. The van der Waals surface area contributed by atoms with E-state index < -0.39 is 0 Å². The predicted octanol–water partition coefficient (Wildman–Crippen LogP) is 6.76. The molecule has 0 N–H and O–H groups in total. The number of para-hydroxylation sites is 1. The Morgan fingerprint density at radius 3 is 2.11 bits per heavy atom. The Bertz CT molecular complexity index is 1490. The lowest BCUT2D eigenvalue weighted by Crippen LogP contribution is -1.92. The van der Waals surface area contributed by atoms with Crippen LogP contribution in [0.4, 0.5) is 0 Å². The zero-order valence-electron chi connectivity index (χ0n) is 15.1. The van der Waals surface area contributed by atoms with Gasteiger partial charge in [0.2, 0.25) is 0 Å². The number of benzene rings is 4. The van der Waals surface area contributed by atoms with Crippen LogP contribution in [0.3, 0.4) is 0 Å². The summed E-state index contributed by atoms with van der Waals surface area (Å²) in [5.74, 6) is 0. The number of nitrogens with zero attached hydrogens (tertiary/aromatic N) is 2. The van der Waals surface area contributed by atoms with Crippen molar-refractivity contribution >= 4 is 43.2 Å². The summed E-state index contributed by atoms with van der Waals surface area (Å²) in [7, 11) is 0. The van der Waals surface area contributed by atoms with Gasteiger partial charge in [0.1, 0.15) is 0 Å². The number of hydrogen-bond acceptors (Lipinski definition) is 2. The maximum Gasteiger partial charge on any atom is 0.0810 e. The Kier molecular flexibility index (Phi) is 3.20. The molecule has 0 fully saturated rings. The van der Waals surface area contributed by atoms with E-state index in [-0.39, 0.29) is 0 Å². The second kappa shape index (κ2) is 5.86. The van der Waals surface area contributed by atoms with Crippen LogP contribution in [0.15, 0.2) is 97.3 Å². The molecule has 0 spiro atoms. The first-order valence-electron chi connectivity index (χ1n) is 9.43. The van der Waals surface area contributed by atoms with Crippen LogP contribution >= 0.6 is 0 Å². The summed E-state index contributed by atoms with van der Waals surface area (Å²) in [6.07, 6.45) is 3.85. The molecule has 0 unspecified atom stereocenters. The lowest BCUT2D eigenvalue weighted by atomic mass is 9.94. The van der Waals surface area contributed by atoms with Gasteiger partial charge in [-0.15, -0.1) is 0 Å². The summed E-state index contributed by atoms with van der Waals surface area (Å²) in [6, 6.07) is 29.7. The topological polar surface area (TPSA) is 25.8 Å². The van der Waals surface area contributed by atoms with E-state index in [0.29, 0.717) is 0 Å². The van der Waals surface area contributed by atoms with E-state index in [4.69, 9.17) is 4.98 Å². The summed E-state index contributed by atoms with van der Waals surface area (Å²) in [4.78, 5) is 9.59. The monoisotopic (exact) mass is 356 g/mol. The van der Waals surface area contributed by atoms with Crippen LogP contribution in [0.1, 0.15) is 0 Å². The number of pyridine rings is 2. The second-order valence-corrected chi connectivity index (χ2v) is 7.10. The second-order valence-electron chi connectivity index (χ2n) is 7.10. The van der Waals surface area contributed by atoms with Crippen molar-refractivity contribution < 1.29 is 0 Å². The fraction of sp³-hybridized carbons (Fsp3) is 0. The molecule has 6 rings (SSSR count). The summed E-state index contributed by atoms with van der Waals surface area (Å²) in [5.41, 5.74) is 3.07. The first-order chi connectivity index (χ1) is 13.9. The van der Waals surface area contributed by atoms with Crippen LogP contribution in [0.25, 0.3) is 54.5 Å². The average molecular weight is 356 g/mol. The summed E-state index contributed by atoms with van der Waals surface area (Å²) in [6.45, 7) is 0. The number of aromatic nitrogens is 2. The van der Waals surface area contributed by atoms with E-state index in [2.05, 4.69) is 83.8 Å². The molecule has 0 bridgehead atoms. The Labute approximate surface area is 162 Å². The van der Waals surface area contributed by atoms with Crippen molar-refractivity contribution in [1.29, 1.82) is 0 Å². The van der Waals surface area contributed by atoms with E-state index in [1.54, 1.807) is 0 Å². The third kappa shape index (κ3) is 2.15. The fourth-order valence-electron chi connectivity index (χ4n) is 4.23. The lowest BCUT2D eigenvalue weighted by molar-refractivity contribution is 1.34. The molecule has 4 aromatic carbocycles. The maximum absolute atomic E-state index is 5.09. The van der Waals surface area contributed by atoms with Gasteiger partial charge >= 0.3 is 0 Å². The molecule has 2 heteroatoms. The van der Waals surface area contributed by atoms with E-state index in [1.165, 1.54) is 26.9 Å². The van der Waals surface area contributed by atoms with E-state index in [1.807, 2.05) is 18.5 Å². The van der Waals surface area contributed by atoms with Gasteiger partial charge in [-0.1, -0.05) is 78.9 Å². The maximum atomic E-state index is 5.09. The summed E-state index contributed by atoms with van der Waals surface area (Å²) in [5, 5.41) is 8.41. The molecule has 0 aliphatic carbocycles. The highest BCUT2D eigenvalue weighted by Crippen LogP contribution is 2.38. The van der Waals surface area contributed by atoms with Gasteiger partial charge in [-0.05, 0) is 22.2 Å². The Balaban J connectivity index is 1.87. The first kappa shape index (κ1) is 15.3. The normalized spacial score (nSPS) is 11.6. The van der Waals surface area contributed by atoms with Gasteiger partial charge in [0, 0.05) is 39.5 Å². The molecule has 0 atom stereocenters. The van der Waals surface area contributed by atoms with Crippen LogP contribution in [0.2, 0.25) is 0 Å².